The van der Waals surface area contributed by atoms with E-state index in [9.17, 15) is 0 Å². The molecule has 3 atom stereocenters. The maximum absolute atomic E-state index is 6.11. The van der Waals surface area contributed by atoms with Crippen LogP contribution < -0.4 is 10.6 Å². The van der Waals surface area contributed by atoms with Crippen LogP contribution in [0.15, 0.2) is 4.99 Å². The third-order valence-corrected chi connectivity index (χ3v) is 7.07. The van der Waals surface area contributed by atoms with Crippen molar-refractivity contribution in [3.05, 3.63) is 0 Å². The molecule has 2 aliphatic carbocycles. The maximum Gasteiger partial charge on any atom is 0.191 e. The Balaban J connectivity index is 1.36. The van der Waals surface area contributed by atoms with Crippen molar-refractivity contribution in [3.8, 4) is 0 Å². The molecule has 0 radical (unpaired) electrons. The van der Waals surface area contributed by atoms with Crippen LogP contribution >= 0.6 is 0 Å². The topological polar surface area (TPSA) is 54.9 Å². The Morgan fingerprint density at radius 3 is 2.68 bits per heavy atom. The van der Waals surface area contributed by atoms with E-state index in [2.05, 4.69) is 17.6 Å². The third-order valence-electron chi connectivity index (χ3n) is 7.07. The van der Waals surface area contributed by atoms with E-state index >= 15 is 0 Å². The van der Waals surface area contributed by atoms with Crippen molar-refractivity contribution in [1.82, 2.24) is 10.6 Å². The number of hydrogen-bond acceptors (Lipinski definition) is 3. The molecule has 0 bridgehead atoms. The van der Waals surface area contributed by atoms with Crippen molar-refractivity contribution in [3.63, 3.8) is 0 Å². The first-order chi connectivity index (χ1) is 12.3. The number of ether oxygens (including phenoxy) is 2. The lowest BCUT2D eigenvalue weighted by Gasteiger charge is -2.57. The van der Waals surface area contributed by atoms with Crippen molar-refractivity contribution in [1.29, 1.82) is 0 Å². The molecule has 5 nitrogen and oxygen atoms in total. The minimum Gasteiger partial charge on any atom is -0.381 e. The predicted molar refractivity (Wildman–Crippen MR) is 99.8 cm³/mol. The maximum atomic E-state index is 6.11. The average molecular weight is 350 g/mol. The summed E-state index contributed by atoms with van der Waals surface area (Å²) in [5, 5.41) is 7.31. The van der Waals surface area contributed by atoms with Crippen LogP contribution in [0, 0.1) is 17.3 Å². The zero-order valence-electron chi connectivity index (χ0n) is 15.8. The van der Waals surface area contributed by atoms with Gasteiger partial charge in [-0.1, -0.05) is 12.8 Å². The van der Waals surface area contributed by atoms with E-state index in [0.29, 0.717) is 23.5 Å². The molecule has 4 fully saturated rings. The van der Waals surface area contributed by atoms with Crippen LogP contribution in [0.2, 0.25) is 0 Å². The van der Waals surface area contributed by atoms with Crippen molar-refractivity contribution < 1.29 is 9.47 Å². The Hall–Kier alpha value is -0.810. The molecule has 2 heterocycles. The molecule has 2 saturated carbocycles. The van der Waals surface area contributed by atoms with E-state index in [4.69, 9.17) is 14.5 Å². The molecular formula is C20H35N3O2. The van der Waals surface area contributed by atoms with Crippen LogP contribution in [0.3, 0.4) is 0 Å². The molecule has 3 unspecified atom stereocenters. The van der Waals surface area contributed by atoms with Crippen molar-refractivity contribution in [2.24, 2.45) is 22.2 Å². The van der Waals surface area contributed by atoms with Crippen LogP contribution in [0.1, 0.15) is 58.3 Å². The minimum absolute atomic E-state index is 0.387. The first-order valence-electron chi connectivity index (χ1n) is 10.6. The fourth-order valence-electron chi connectivity index (χ4n) is 5.77. The number of aliphatic imine (C=N–C) groups is 1. The monoisotopic (exact) mass is 349 g/mol. The van der Waals surface area contributed by atoms with Crippen LogP contribution in [-0.2, 0) is 9.47 Å². The van der Waals surface area contributed by atoms with Gasteiger partial charge in [-0.3, -0.25) is 4.99 Å². The molecule has 0 aromatic heterocycles. The highest BCUT2D eigenvalue weighted by Gasteiger charge is 2.65. The van der Waals surface area contributed by atoms with Crippen molar-refractivity contribution in [2.45, 2.75) is 70.4 Å². The van der Waals surface area contributed by atoms with E-state index in [-0.39, 0.29) is 0 Å². The van der Waals surface area contributed by atoms with Gasteiger partial charge in [-0.15, -0.1) is 0 Å². The first kappa shape index (κ1) is 17.6. The molecular weight excluding hydrogens is 314 g/mol. The molecule has 2 saturated heterocycles. The molecule has 25 heavy (non-hydrogen) atoms. The second-order valence-corrected chi connectivity index (χ2v) is 8.41. The second kappa shape index (κ2) is 7.83. The minimum atomic E-state index is 0.387. The molecule has 0 aromatic rings. The van der Waals surface area contributed by atoms with E-state index in [1.165, 1.54) is 51.4 Å². The number of nitrogens with zero attached hydrogens (tertiary/aromatic N) is 1. The van der Waals surface area contributed by atoms with Crippen molar-refractivity contribution >= 4 is 5.96 Å². The average Bonchev–Trinajstić information content (AvgIpc) is 3.29. The summed E-state index contributed by atoms with van der Waals surface area (Å²) in [6, 6.07) is 0.559. The summed E-state index contributed by atoms with van der Waals surface area (Å²) >= 11 is 0. The second-order valence-electron chi connectivity index (χ2n) is 8.41. The Labute approximate surface area is 152 Å². The number of nitrogens with one attached hydrogen (secondary N) is 2. The summed E-state index contributed by atoms with van der Waals surface area (Å²) in [5.41, 5.74) is 0.387. The smallest absolute Gasteiger partial charge is 0.191 e. The molecule has 2 aliphatic heterocycles. The Morgan fingerprint density at radius 1 is 1.12 bits per heavy atom. The third kappa shape index (κ3) is 3.42. The van der Waals surface area contributed by atoms with Gasteiger partial charge >= 0.3 is 0 Å². The van der Waals surface area contributed by atoms with Gasteiger partial charge in [-0.25, -0.2) is 0 Å². The van der Waals surface area contributed by atoms with Gasteiger partial charge in [-0.2, -0.15) is 0 Å². The van der Waals surface area contributed by atoms with E-state index in [0.717, 1.165) is 44.8 Å². The highest BCUT2D eigenvalue weighted by Crippen LogP contribution is 2.60. The molecule has 2 N–H and O–H groups in total. The lowest BCUT2D eigenvalue weighted by molar-refractivity contribution is -0.125. The van der Waals surface area contributed by atoms with Gasteiger partial charge in [0, 0.05) is 50.3 Å². The molecule has 5 heteroatoms. The number of rotatable bonds is 5. The summed E-state index contributed by atoms with van der Waals surface area (Å²) in [4.78, 5) is 4.91. The van der Waals surface area contributed by atoms with Gasteiger partial charge in [0.2, 0.25) is 0 Å². The highest BCUT2D eigenvalue weighted by molar-refractivity contribution is 5.80. The number of hydrogen-bond donors (Lipinski definition) is 2. The van der Waals surface area contributed by atoms with Crippen LogP contribution in [-0.4, -0.2) is 51.0 Å². The SMILES string of the molecule is CCNC(=NCCC1CCOCC1)NC1C2CCOC2C12CCCC2. The van der Waals surface area contributed by atoms with E-state index < -0.39 is 0 Å². The van der Waals surface area contributed by atoms with E-state index in [1.54, 1.807) is 0 Å². The standard InChI is InChI=1S/C20H35N3O2/c1-2-21-19(22-11-5-15-6-12-24-13-7-15)23-17-16-8-14-25-18(16)20(17)9-3-4-10-20/h15-18H,2-14H2,1H3,(H2,21,22,23). The van der Waals surface area contributed by atoms with E-state index in [1.807, 2.05) is 0 Å². The Bertz CT molecular complexity index is 470. The van der Waals surface area contributed by atoms with Crippen LogP contribution in [0.5, 0.6) is 0 Å². The van der Waals surface area contributed by atoms with Crippen LogP contribution in [0.4, 0.5) is 0 Å². The van der Waals surface area contributed by atoms with Gasteiger partial charge in [-0.05, 0) is 51.4 Å². The molecule has 142 valence electrons. The lowest BCUT2D eigenvalue weighted by atomic mass is 9.54. The highest BCUT2D eigenvalue weighted by atomic mass is 16.5. The molecule has 0 aromatic carbocycles. The predicted octanol–water partition coefficient (Wildman–Crippen LogP) is 2.71. The Morgan fingerprint density at radius 2 is 1.92 bits per heavy atom. The molecule has 0 amide bonds. The summed E-state index contributed by atoms with van der Waals surface area (Å²) in [6.07, 6.45) is 10.7. The molecule has 4 aliphatic rings. The van der Waals surface area contributed by atoms with Crippen molar-refractivity contribution in [2.75, 3.05) is 32.9 Å². The molecule has 1 spiro atoms. The first-order valence-corrected chi connectivity index (χ1v) is 10.6. The number of fused-ring (bicyclic) bond motifs is 2. The zero-order chi connectivity index (χ0) is 17.1. The quantitative estimate of drug-likeness (QED) is 0.592. The summed E-state index contributed by atoms with van der Waals surface area (Å²) in [7, 11) is 0. The van der Waals surface area contributed by atoms with Crippen LogP contribution in [0.25, 0.3) is 0 Å². The van der Waals surface area contributed by atoms with Gasteiger partial charge in [0.25, 0.3) is 0 Å². The fraction of sp³-hybridized carbons (Fsp3) is 0.950. The van der Waals surface area contributed by atoms with Gasteiger partial charge in [0.1, 0.15) is 0 Å². The summed E-state index contributed by atoms with van der Waals surface area (Å²) < 4.78 is 11.6. The molecule has 4 rings (SSSR count). The largest absolute Gasteiger partial charge is 0.381 e. The van der Waals surface area contributed by atoms with Gasteiger partial charge < -0.3 is 20.1 Å². The van der Waals surface area contributed by atoms with Gasteiger partial charge in [0.05, 0.1) is 6.10 Å². The summed E-state index contributed by atoms with van der Waals surface area (Å²) in [5.74, 6) is 2.51. The summed E-state index contributed by atoms with van der Waals surface area (Å²) in [6.45, 7) is 6.81. The fourth-order valence-corrected chi connectivity index (χ4v) is 5.77. The normalized spacial score (nSPS) is 34.8. The zero-order valence-corrected chi connectivity index (χ0v) is 15.8. The lowest BCUT2D eigenvalue weighted by Crippen LogP contribution is -2.69. The number of guanidine groups is 1. The Kier molecular flexibility index (Phi) is 5.51. The van der Waals surface area contributed by atoms with Gasteiger partial charge in [0.15, 0.2) is 5.96 Å².